The van der Waals surface area contributed by atoms with Gasteiger partial charge in [0, 0.05) is 110 Å². The molecule has 6 atom stereocenters. The minimum Gasteiger partial charge on any atom is -0.451 e. The first kappa shape index (κ1) is 57.8. The Morgan fingerprint density at radius 1 is 0.281 bits per heavy atom. The highest BCUT2D eigenvalue weighted by Crippen LogP contribution is 2.57. The molecule has 0 fully saturated rings. The second kappa shape index (κ2) is 24.2. The quantitative estimate of drug-likeness (QED) is 0.133. The fourth-order valence-corrected chi connectivity index (χ4v) is 21.0. The molecular weight excluding hydrogens is 1290 g/mol. The summed E-state index contributed by atoms with van der Waals surface area (Å²) >= 11 is 9.32. The molecule has 18 heterocycles. The number of hydrogen-bond acceptors (Lipinski definition) is 21. The van der Waals surface area contributed by atoms with Crippen LogP contribution in [-0.2, 0) is 38.5 Å². The van der Waals surface area contributed by atoms with Crippen LogP contribution in [0.1, 0.15) is 33.4 Å². The summed E-state index contributed by atoms with van der Waals surface area (Å²) in [6.07, 6.45) is 22.7. The van der Waals surface area contributed by atoms with Crippen molar-refractivity contribution in [1.82, 2.24) is 44.9 Å². The van der Waals surface area contributed by atoms with Gasteiger partial charge in [0.2, 0.25) is 5.88 Å². The third-order valence-electron chi connectivity index (χ3n) is 18.8. The van der Waals surface area contributed by atoms with E-state index < -0.39 is 0 Å². The fraction of sp³-hybridized carbons (Fsp3) is 0.160. The molecule has 12 aromatic rings. The van der Waals surface area contributed by atoms with Gasteiger partial charge in [-0.15, -0.1) is 0 Å². The molecule has 0 bridgehead atoms. The number of para-hydroxylation sites is 6. The zero-order chi connectivity index (χ0) is 63.2. The molecule has 24 rings (SSSR count). The van der Waals surface area contributed by atoms with Gasteiger partial charge in [-0.3, -0.25) is 0 Å². The molecule has 0 N–H and O–H groups in total. The Labute approximate surface area is 576 Å². The third kappa shape index (κ3) is 9.98. The predicted octanol–water partition coefficient (Wildman–Crippen LogP) is 16.7. The molecule has 468 valence electrons. The number of nitrogens with zero attached hydrogens (tertiary/aromatic N) is 15. The standard InChI is InChI=1S/C13H10N2O.2C13H10N2S.3C12H9N3S/c1-2-5-10-9(4-1)8-12-15(10)11-6-3-7-14-13(11)16-12;1-2-5-10-9(4-1)8-12-15(10)13-11(16-12)6-3-7-14-13;1-2-5-10-9(4-1)8-12-15(10)11-6-3-7-14-13(11)16-12;1-2-4-9-8(3-1)5-11-15(9)12-10(16-11)6-13-7-14-12;1-2-4-9-8(3-1)5-11-15(9)10-6-13-7-14-12(10)16-11;1-2-4-9-8(3-1)7-10-15(9)11-12(16-10)14-6-5-13-11/h3*1-7,12H,8H2;2*1-4,6-7,11H,5H2;1-6,10H,7H2. The summed E-state index contributed by atoms with van der Waals surface area (Å²) in [4.78, 5) is 55.5. The summed E-state index contributed by atoms with van der Waals surface area (Å²) < 4.78 is 5.83. The number of fused-ring (bicyclic) bond motifs is 30. The molecule has 12 aliphatic rings. The van der Waals surface area contributed by atoms with Crippen molar-refractivity contribution in [2.24, 2.45) is 0 Å². The second-order valence-electron chi connectivity index (χ2n) is 24.2. The maximum absolute atomic E-state index is 5.83. The van der Waals surface area contributed by atoms with Crippen molar-refractivity contribution in [1.29, 1.82) is 0 Å². The molecule has 0 spiro atoms. The first-order chi connectivity index (χ1) is 47.6. The van der Waals surface area contributed by atoms with Gasteiger partial charge in [0.25, 0.3) is 0 Å². The van der Waals surface area contributed by atoms with E-state index in [9.17, 15) is 0 Å². The number of thioether (sulfide) groups is 5. The Morgan fingerprint density at radius 2 is 0.677 bits per heavy atom. The first-order valence-electron chi connectivity index (χ1n) is 32.1. The van der Waals surface area contributed by atoms with Gasteiger partial charge < -0.3 is 34.1 Å². The molecule has 0 saturated carbocycles. The lowest BCUT2D eigenvalue weighted by Crippen LogP contribution is -2.26. The summed E-state index contributed by atoms with van der Waals surface area (Å²) in [6.45, 7) is 0. The number of rotatable bonds is 0. The van der Waals surface area contributed by atoms with E-state index in [0.717, 1.165) is 83.3 Å². The van der Waals surface area contributed by atoms with Gasteiger partial charge >= 0.3 is 0 Å². The van der Waals surface area contributed by atoms with Crippen LogP contribution in [0.2, 0.25) is 0 Å². The minimum absolute atomic E-state index is 0.0994. The molecule has 21 heteroatoms. The van der Waals surface area contributed by atoms with Crippen molar-refractivity contribution in [3.05, 3.63) is 271 Å². The number of aromatic nitrogens is 9. The van der Waals surface area contributed by atoms with Crippen molar-refractivity contribution < 1.29 is 4.74 Å². The van der Waals surface area contributed by atoms with Crippen LogP contribution >= 0.6 is 58.8 Å². The van der Waals surface area contributed by atoms with Gasteiger partial charge in [0.05, 0.1) is 54.2 Å². The Bertz CT molecular complexity index is 3920. The average molecular weight is 1340 g/mol. The van der Waals surface area contributed by atoms with E-state index in [1.807, 2.05) is 102 Å². The molecule has 0 radical (unpaired) electrons. The summed E-state index contributed by atoms with van der Waals surface area (Å²) in [5.74, 6) is 3.96. The van der Waals surface area contributed by atoms with Crippen LogP contribution in [0.25, 0.3) is 0 Å². The van der Waals surface area contributed by atoms with Crippen LogP contribution in [0.4, 0.5) is 68.6 Å². The van der Waals surface area contributed by atoms with Gasteiger partial charge in [-0.25, -0.2) is 44.9 Å². The molecule has 6 aromatic heterocycles. The monoisotopic (exact) mass is 1340 g/mol. The maximum Gasteiger partial charge on any atom is 0.239 e. The van der Waals surface area contributed by atoms with Crippen molar-refractivity contribution >= 4 is 127 Å². The highest BCUT2D eigenvalue weighted by molar-refractivity contribution is 8.01. The number of benzene rings is 6. The maximum atomic E-state index is 5.83. The lowest BCUT2D eigenvalue weighted by atomic mass is 10.1. The number of ether oxygens (including phenoxy) is 1. The van der Waals surface area contributed by atoms with Crippen LogP contribution in [0.15, 0.2) is 263 Å². The van der Waals surface area contributed by atoms with Crippen LogP contribution < -0.4 is 34.1 Å². The second-order valence-corrected chi connectivity index (χ2v) is 30.2. The molecular formula is C75H57N15OS5. The van der Waals surface area contributed by atoms with E-state index in [4.69, 9.17) is 4.74 Å². The van der Waals surface area contributed by atoms with Crippen molar-refractivity contribution in [3.8, 4) is 5.88 Å². The minimum atomic E-state index is 0.0994. The van der Waals surface area contributed by atoms with Gasteiger partial charge in [0.15, 0.2) is 17.9 Å². The molecule has 6 aromatic carbocycles. The van der Waals surface area contributed by atoms with E-state index in [-0.39, 0.29) is 6.23 Å². The zero-order valence-corrected chi connectivity index (χ0v) is 55.5. The highest BCUT2D eigenvalue weighted by atomic mass is 32.2. The van der Waals surface area contributed by atoms with Crippen LogP contribution in [0.3, 0.4) is 0 Å². The molecule has 0 saturated heterocycles. The third-order valence-corrected chi connectivity index (χ3v) is 24.7. The molecule has 0 amide bonds. The summed E-state index contributed by atoms with van der Waals surface area (Å²) in [6, 6.07) is 63.8. The highest BCUT2D eigenvalue weighted by Gasteiger charge is 2.44. The predicted molar refractivity (Wildman–Crippen MR) is 385 cm³/mol. The van der Waals surface area contributed by atoms with E-state index in [2.05, 4.69) is 238 Å². The molecule has 16 nitrogen and oxygen atoms in total. The topological polar surface area (TPSA) is 145 Å². The summed E-state index contributed by atoms with van der Waals surface area (Å²) in [5.41, 5.74) is 19.8. The lowest BCUT2D eigenvalue weighted by Gasteiger charge is -2.18. The largest absolute Gasteiger partial charge is 0.451 e. The van der Waals surface area contributed by atoms with Crippen LogP contribution in [-0.4, -0.2) is 78.0 Å². The van der Waals surface area contributed by atoms with Crippen LogP contribution in [0, 0.1) is 0 Å². The van der Waals surface area contributed by atoms with Crippen molar-refractivity contribution in [2.45, 2.75) is 96.5 Å². The van der Waals surface area contributed by atoms with Crippen molar-refractivity contribution in [3.63, 3.8) is 0 Å². The Morgan fingerprint density at radius 3 is 1.30 bits per heavy atom. The zero-order valence-electron chi connectivity index (χ0n) is 51.4. The SMILES string of the molecule is c1ccc2c(c1)CC1Oc3ncccc3N21.c1ccc2c(c1)CC1Sc3cccnc3N21.c1ccc2c(c1)CC1Sc3cncnc3N21.c1ccc2c(c1)CC1Sc3ncccc3N21.c1ccc2c(c1)CC1Sc3nccnc3N21.c1ccc2c(c1)CC1Sc3ncncc3N21. The Kier molecular flexibility index (Phi) is 14.6. The average Bonchev–Trinajstić information content (AvgIpc) is 1.66. The smallest absolute Gasteiger partial charge is 0.239 e. The molecule has 6 unspecified atom stereocenters. The Balaban J connectivity index is 0.0000000812. The molecule has 12 aliphatic heterocycles. The number of pyridine rings is 3. The van der Waals surface area contributed by atoms with Gasteiger partial charge in [-0.1, -0.05) is 168 Å². The summed E-state index contributed by atoms with van der Waals surface area (Å²) in [7, 11) is 0. The van der Waals surface area contributed by atoms with Crippen molar-refractivity contribution in [2.75, 3.05) is 29.4 Å². The van der Waals surface area contributed by atoms with Crippen LogP contribution in [0.5, 0.6) is 5.88 Å². The van der Waals surface area contributed by atoms with E-state index in [1.54, 1.807) is 31.2 Å². The normalized spacial score (nSPS) is 20.4. The number of hydrogen-bond donors (Lipinski definition) is 0. The van der Waals surface area contributed by atoms with Gasteiger partial charge in [-0.05, 0) is 106 Å². The first-order valence-corrected chi connectivity index (χ1v) is 36.5. The van der Waals surface area contributed by atoms with Gasteiger partial charge in [0.1, 0.15) is 39.2 Å². The Hall–Kier alpha value is -9.64. The summed E-state index contributed by atoms with van der Waals surface area (Å²) in [5, 5.41) is 5.77. The lowest BCUT2D eigenvalue weighted by molar-refractivity contribution is 0.236. The number of anilines is 12. The molecule has 96 heavy (non-hydrogen) atoms. The van der Waals surface area contributed by atoms with E-state index in [0.29, 0.717) is 26.9 Å². The fourth-order valence-electron chi connectivity index (χ4n) is 14.8. The van der Waals surface area contributed by atoms with E-state index >= 15 is 0 Å². The van der Waals surface area contributed by atoms with E-state index in [1.165, 1.54) is 88.0 Å². The van der Waals surface area contributed by atoms with Gasteiger partial charge in [-0.2, -0.15) is 0 Å². The molecule has 0 aliphatic carbocycles.